The Hall–Kier alpha value is -1.89. The average Bonchev–Trinajstić information content (AvgIpc) is 3.11. The van der Waals surface area contributed by atoms with E-state index in [1.165, 1.54) is 0 Å². The number of aliphatic hydroxyl groups is 1. The standard InChI is InChI=1S/C18H22ClN3O3/c1-11-9-12(2)25-17(11)18(24)20-16-10-15(21-22(16)7-8-23)13-3-5-14(19)6-4-13/h3-6,10-12,17,23H,7-9H2,1-2H3,(H,20,24)/t11-,12-,17+/m1/s1. The quantitative estimate of drug-likeness (QED) is 0.856. The van der Waals surface area contributed by atoms with Crippen LogP contribution in [0.2, 0.25) is 5.02 Å². The molecule has 2 aromatic rings. The Balaban J connectivity index is 1.82. The minimum Gasteiger partial charge on any atom is -0.394 e. The highest BCUT2D eigenvalue weighted by Gasteiger charge is 2.35. The average molecular weight is 364 g/mol. The Kier molecular flexibility index (Phi) is 5.42. The maximum atomic E-state index is 12.6. The van der Waals surface area contributed by atoms with Crippen LogP contribution in [0.15, 0.2) is 30.3 Å². The zero-order valence-electron chi connectivity index (χ0n) is 14.3. The minimum atomic E-state index is -0.466. The first-order valence-corrected chi connectivity index (χ1v) is 8.76. The van der Waals surface area contributed by atoms with Gasteiger partial charge in [0.05, 0.1) is 24.9 Å². The summed E-state index contributed by atoms with van der Waals surface area (Å²) in [6, 6.07) is 9.10. The molecule has 0 unspecified atom stereocenters. The molecule has 7 heteroatoms. The molecule has 0 saturated carbocycles. The summed E-state index contributed by atoms with van der Waals surface area (Å²) in [5, 5.41) is 17.3. The molecule has 0 aliphatic carbocycles. The van der Waals surface area contributed by atoms with Gasteiger partial charge in [0.25, 0.3) is 5.91 Å². The van der Waals surface area contributed by atoms with Gasteiger partial charge in [0.1, 0.15) is 11.9 Å². The van der Waals surface area contributed by atoms with Crippen molar-refractivity contribution >= 4 is 23.3 Å². The monoisotopic (exact) mass is 363 g/mol. The number of ether oxygens (including phenoxy) is 1. The summed E-state index contributed by atoms with van der Waals surface area (Å²) in [7, 11) is 0. The van der Waals surface area contributed by atoms with Crippen molar-refractivity contribution in [1.29, 1.82) is 0 Å². The van der Waals surface area contributed by atoms with Gasteiger partial charge in [-0.05, 0) is 31.4 Å². The third-order valence-corrected chi connectivity index (χ3v) is 4.59. The summed E-state index contributed by atoms with van der Waals surface area (Å²) in [4.78, 5) is 12.6. The van der Waals surface area contributed by atoms with Crippen LogP contribution in [-0.4, -0.2) is 39.6 Å². The number of carbonyl (C=O) groups excluding carboxylic acids is 1. The SMILES string of the molecule is C[C@@H]1C[C@@H](C)[C@@H](C(=O)Nc2cc(-c3ccc(Cl)cc3)nn2CCO)O1. The molecule has 1 amide bonds. The Morgan fingerprint density at radius 1 is 1.40 bits per heavy atom. The largest absolute Gasteiger partial charge is 0.394 e. The van der Waals surface area contributed by atoms with Gasteiger partial charge in [0.15, 0.2) is 0 Å². The molecule has 0 radical (unpaired) electrons. The number of hydrogen-bond donors (Lipinski definition) is 2. The number of carbonyl (C=O) groups is 1. The van der Waals surface area contributed by atoms with E-state index in [4.69, 9.17) is 16.3 Å². The van der Waals surface area contributed by atoms with E-state index in [-0.39, 0.29) is 24.5 Å². The van der Waals surface area contributed by atoms with Gasteiger partial charge in [-0.1, -0.05) is 30.7 Å². The fourth-order valence-corrected chi connectivity index (χ4v) is 3.27. The Morgan fingerprint density at radius 2 is 2.12 bits per heavy atom. The van der Waals surface area contributed by atoms with Gasteiger partial charge in [0, 0.05) is 16.7 Å². The maximum absolute atomic E-state index is 12.6. The molecule has 1 aliphatic rings. The Bertz CT molecular complexity index is 745. The Labute approximate surface area is 151 Å². The number of amides is 1. The molecule has 3 rings (SSSR count). The summed E-state index contributed by atoms with van der Waals surface area (Å²) in [6.45, 7) is 4.20. The summed E-state index contributed by atoms with van der Waals surface area (Å²) >= 11 is 5.92. The molecule has 1 fully saturated rings. The molecule has 1 aromatic heterocycles. The zero-order valence-corrected chi connectivity index (χ0v) is 15.0. The fraction of sp³-hybridized carbons (Fsp3) is 0.444. The van der Waals surface area contributed by atoms with Crippen molar-refractivity contribution in [2.24, 2.45) is 5.92 Å². The first kappa shape index (κ1) is 17.9. The summed E-state index contributed by atoms with van der Waals surface area (Å²) < 4.78 is 7.29. The van der Waals surface area contributed by atoms with Crippen LogP contribution in [0.1, 0.15) is 20.3 Å². The number of benzene rings is 1. The van der Waals surface area contributed by atoms with E-state index in [0.717, 1.165) is 12.0 Å². The number of aromatic nitrogens is 2. The van der Waals surface area contributed by atoms with Crippen molar-refractivity contribution in [3.63, 3.8) is 0 Å². The molecule has 0 spiro atoms. The fourth-order valence-electron chi connectivity index (χ4n) is 3.15. The summed E-state index contributed by atoms with van der Waals surface area (Å²) in [5.74, 6) is 0.526. The van der Waals surface area contributed by atoms with Gasteiger partial charge in [-0.2, -0.15) is 5.10 Å². The summed E-state index contributed by atoms with van der Waals surface area (Å²) in [5.41, 5.74) is 1.59. The van der Waals surface area contributed by atoms with Crippen LogP contribution in [0.25, 0.3) is 11.3 Å². The van der Waals surface area contributed by atoms with E-state index in [2.05, 4.69) is 10.4 Å². The third-order valence-electron chi connectivity index (χ3n) is 4.34. The van der Waals surface area contributed by atoms with Gasteiger partial charge < -0.3 is 15.2 Å². The second-order valence-corrected chi connectivity index (χ2v) is 6.87. The van der Waals surface area contributed by atoms with Crippen molar-refractivity contribution in [1.82, 2.24) is 9.78 Å². The highest BCUT2D eigenvalue weighted by molar-refractivity contribution is 6.30. The van der Waals surface area contributed by atoms with E-state index in [0.29, 0.717) is 23.1 Å². The number of aliphatic hydroxyl groups excluding tert-OH is 1. The van der Waals surface area contributed by atoms with Crippen LogP contribution in [0, 0.1) is 5.92 Å². The maximum Gasteiger partial charge on any atom is 0.254 e. The molecule has 1 aromatic carbocycles. The normalized spacial score (nSPS) is 23.0. The smallest absolute Gasteiger partial charge is 0.254 e. The molecule has 2 heterocycles. The van der Waals surface area contributed by atoms with Gasteiger partial charge in [0.2, 0.25) is 0 Å². The van der Waals surface area contributed by atoms with Crippen LogP contribution in [-0.2, 0) is 16.1 Å². The molecule has 0 bridgehead atoms. The van der Waals surface area contributed by atoms with E-state index in [1.54, 1.807) is 22.9 Å². The first-order valence-electron chi connectivity index (χ1n) is 8.39. The molecule has 134 valence electrons. The Morgan fingerprint density at radius 3 is 2.72 bits per heavy atom. The lowest BCUT2D eigenvalue weighted by Gasteiger charge is -2.15. The second kappa shape index (κ2) is 7.56. The lowest BCUT2D eigenvalue weighted by Crippen LogP contribution is -2.32. The molecule has 25 heavy (non-hydrogen) atoms. The molecule has 3 atom stereocenters. The van der Waals surface area contributed by atoms with Crippen LogP contribution < -0.4 is 5.32 Å². The van der Waals surface area contributed by atoms with Gasteiger partial charge in [-0.25, -0.2) is 4.68 Å². The van der Waals surface area contributed by atoms with Gasteiger partial charge in [-0.3, -0.25) is 4.79 Å². The first-order chi connectivity index (χ1) is 12.0. The number of anilines is 1. The van der Waals surface area contributed by atoms with Crippen LogP contribution in [0.5, 0.6) is 0 Å². The molecule has 6 nitrogen and oxygen atoms in total. The van der Waals surface area contributed by atoms with Crippen molar-refractivity contribution in [3.05, 3.63) is 35.4 Å². The third kappa shape index (κ3) is 4.03. The predicted octanol–water partition coefficient (Wildman–Crippen LogP) is 2.95. The number of nitrogens with zero attached hydrogens (tertiary/aromatic N) is 2. The van der Waals surface area contributed by atoms with Crippen molar-refractivity contribution < 1.29 is 14.6 Å². The van der Waals surface area contributed by atoms with Crippen molar-refractivity contribution in [2.75, 3.05) is 11.9 Å². The highest BCUT2D eigenvalue weighted by Crippen LogP contribution is 2.28. The highest BCUT2D eigenvalue weighted by atomic mass is 35.5. The molecule has 1 saturated heterocycles. The number of rotatable bonds is 5. The van der Waals surface area contributed by atoms with E-state index >= 15 is 0 Å². The van der Waals surface area contributed by atoms with E-state index < -0.39 is 6.10 Å². The number of hydrogen-bond acceptors (Lipinski definition) is 4. The molecular formula is C18H22ClN3O3. The lowest BCUT2D eigenvalue weighted by molar-refractivity contribution is -0.127. The van der Waals surface area contributed by atoms with Gasteiger partial charge in [-0.15, -0.1) is 0 Å². The topological polar surface area (TPSA) is 76.4 Å². The molecule has 1 aliphatic heterocycles. The summed E-state index contributed by atoms with van der Waals surface area (Å²) in [6.07, 6.45) is 0.480. The predicted molar refractivity (Wildman–Crippen MR) is 96.5 cm³/mol. The van der Waals surface area contributed by atoms with Crippen molar-refractivity contribution in [3.8, 4) is 11.3 Å². The van der Waals surface area contributed by atoms with Crippen LogP contribution in [0.3, 0.4) is 0 Å². The van der Waals surface area contributed by atoms with Crippen LogP contribution >= 0.6 is 11.6 Å². The molecule has 2 N–H and O–H groups in total. The molecular weight excluding hydrogens is 342 g/mol. The lowest BCUT2D eigenvalue weighted by atomic mass is 10.0. The van der Waals surface area contributed by atoms with Crippen molar-refractivity contribution in [2.45, 2.75) is 39.0 Å². The second-order valence-electron chi connectivity index (χ2n) is 6.44. The minimum absolute atomic E-state index is 0.0715. The van der Waals surface area contributed by atoms with E-state index in [9.17, 15) is 9.90 Å². The zero-order chi connectivity index (χ0) is 18.0. The van der Waals surface area contributed by atoms with E-state index in [1.807, 2.05) is 26.0 Å². The van der Waals surface area contributed by atoms with Gasteiger partial charge >= 0.3 is 0 Å². The number of nitrogens with one attached hydrogen (secondary N) is 1. The number of halogens is 1. The van der Waals surface area contributed by atoms with Crippen LogP contribution in [0.4, 0.5) is 5.82 Å².